The molecule has 0 unspecified atom stereocenters. The Morgan fingerprint density at radius 3 is 3.10 bits per heavy atom. The first kappa shape index (κ1) is 15.8. The van der Waals surface area contributed by atoms with Crippen molar-refractivity contribution in [3.05, 3.63) is 29.7 Å². The molecule has 1 fully saturated rings. The molecule has 2 N–H and O–H groups in total. The molecule has 0 bridgehead atoms. The third-order valence-electron chi connectivity index (χ3n) is 3.73. The zero-order chi connectivity index (χ0) is 13.9. The molecule has 21 heavy (non-hydrogen) atoms. The number of para-hydroxylation sites is 1. The summed E-state index contributed by atoms with van der Waals surface area (Å²) in [6.45, 7) is 4.31. The average molecular weight is 310 g/mol. The fourth-order valence-corrected chi connectivity index (χ4v) is 2.55. The second-order valence-corrected chi connectivity index (χ2v) is 5.26. The molecular weight excluding hydrogens is 290 g/mol. The summed E-state index contributed by atoms with van der Waals surface area (Å²) in [5.41, 5.74) is 2.83. The normalized spacial score (nSPS) is 17.7. The van der Waals surface area contributed by atoms with E-state index in [-0.39, 0.29) is 24.2 Å². The third-order valence-corrected chi connectivity index (χ3v) is 3.73. The maximum atomic E-state index is 11.9. The van der Waals surface area contributed by atoms with E-state index in [4.69, 9.17) is 4.42 Å². The number of halogens is 1. The maximum Gasteiger partial charge on any atom is 0.224 e. The van der Waals surface area contributed by atoms with Crippen molar-refractivity contribution in [2.75, 3.05) is 19.6 Å². The Morgan fingerprint density at radius 1 is 1.52 bits per heavy atom. The van der Waals surface area contributed by atoms with Crippen molar-refractivity contribution in [1.82, 2.24) is 15.6 Å². The van der Waals surface area contributed by atoms with Gasteiger partial charge in [-0.15, -0.1) is 12.4 Å². The van der Waals surface area contributed by atoms with Crippen LogP contribution in [0.15, 0.2) is 22.6 Å². The summed E-state index contributed by atoms with van der Waals surface area (Å²) in [5, 5.41) is 6.15. The lowest BCUT2D eigenvalue weighted by Crippen LogP contribution is -2.33. The smallest absolute Gasteiger partial charge is 0.224 e. The first-order valence-electron chi connectivity index (χ1n) is 7.07. The number of benzene rings is 1. The Morgan fingerprint density at radius 2 is 2.38 bits per heavy atom. The standard InChI is InChI=1S/C15H19N3O2.ClH/c1-10-3-2-4-12-14(10)18-13(20-12)6-8-17-15(19)11-5-7-16-9-11;/h2-4,11,16H,5-9H2,1H3,(H,17,19);1H/t11-;/m0./s1. The van der Waals surface area contributed by atoms with Gasteiger partial charge in [0.05, 0.1) is 5.92 Å². The molecule has 2 aromatic rings. The average Bonchev–Trinajstić information content (AvgIpc) is 3.07. The van der Waals surface area contributed by atoms with Crippen LogP contribution in [0.25, 0.3) is 11.1 Å². The second kappa shape index (κ2) is 6.91. The summed E-state index contributed by atoms with van der Waals surface area (Å²) in [6.07, 6.45) is 1.55. The Hall–Kier alpha value is -1.59. The van der Waals surface area contributed by atoms with E-state index in [0.29, 0.717) is 18.9 Å². The fraction of sp³-hybridized carbons (Fsp3) is 0.467. The maximum absolute atomic E-state index is 11.9. The van der Waals surface area contributed by atoms with Gasteiger partial charge in [0.15, 0.2) is 11.5 Å². The third kappa shape index (κ3) is 3.54. The van der Waals surface area contributed by atoms with E-state index < -0.39 is 0 Å². The number of hydrogen-bond acceptors (Lipinski definition) is 4. The molecule has 3 rings (SSSR count). The van der Waals surface area contributed by atoms with Crippen LogP contribution in [0, 0.1) is 12.8 Å². The van der Waals surface area contributed by atoms with E-state index in [1.807, 2.05) is 25.1 Å². The summed E-state index contributed by atoms with van der Waals surface area (Å²) in [7, 11) is 0. The number of aromatic nitrogens is 1. The molecule has 1 aliphatic rings. The SMILES string of the molecule is Cc1cccc2oc(CCNC(=O)[C@H]3CCNC3)nc12.Cl. The van der Waals surface area contributed by atoms with Gasteiger partial charge < -0.3 is 15.1 Å². The van der Waals surface area contributed by atoms with E-state index in [1.165, 1.54) is 0 Å². The van der Waals surface area contributed by atoms with Crippen LogP contribution in [0.5, 0.6) is 0 Å². The molecule has 1 aliphatic heterocycles. The molecule has 114 valence electrons. The summed E-state index contributed by atoms with van der Waals surface area (Å²) < 4.78 is 5.68. The number of aryl methyl sites for hydroxylation is 1. The number of nitrogens with zero attached hydrogens (tertiary/aromatic N) is 1. The van der Waals surface area contributed by atoms with Crippen LogP contribution in [0.3, 0.4) is 0 Å². The minimum atomic E-state index is 0. The molecular formula is C15H20ClN3O2. The monoisotopic (exact) mass is 309 g/mol. The van der Waals surface area contributed by atoms with E-state index in [2.05, 4.69) is 15.6 Å². The van der Waals surface area contributed by atoms with Crippen LogP contribution in [0.2, 0.25) is 0 Å². The van der Waals surface area contributed by atoms with Crippen LogP contribution in [0.4, 0.5) is 0 Å². The lowest BCUT2D eigenvalue weighted by molar-refractivity contribution is -0.124. The van der Waals surface area contributed by atoms with E-state index in [1.54, 1.807) is 0 Å². The number of amides is 1. The molecule has 0 spiro atoms. The summed E-state index contributed by atoms with van der Waals surface area (Å²) in [4.78, 5) is 16.3. The summed E-state index contributed by atoms with van der Waals surface area (Å²) >= 11 is 0. The molecule has 1 aromatic heterocycles. The molecule has 1 aromatic carbocycles. The second-order valence-electron chi connectivity index (χ2n) is 5.26. The van der Waals surface area contributed by atoms with Gasteiger partial charge in [-0.3, -0.25) is 4.79 Å². The Kier molecular flexibility index (Phi) is 5.20. The molecule has 0 saturated carbocycles. The summed E-state index contributed by atoms with van der Waals surface area (Å²) in [5.74, 6) is 0.919. The van der Waals surface area contributed by atoms with E-state index in [9.17, 15) is 4.79 Å². The van der Waals surface area contributed by atoms with Crippen molar-refractivity contribution >= 4 is 29.4 Å². The van der Waals surface area contributed by atoms with Crippen LogP contribution in [-0.4, -0.2) is 30.5 Å². The highest BCUT2D eigenvalue weighted by atomic mass is 35.5. The Balaban J connectivity index is 0.00000161. The first-order valence-corrected chi connectivity index (χ1v) is 7.07. The molecule has 0 aliphatic carbocycles. The minimum Gasteiger partial charge on any atom is -0.441 e. The number of hydrogen-bond donors (Lipinski definition) is 2. The highest BCUT2D eigenvalue weighted by molar-refractivity contribution is 5.85. The quantitative estimate of drug-likeness (QED) is 0.904. The number of rotatable bonds is 4. The van der Waals surface area contributed by atoms with Crippen molar-refractivity contribution in [2.45, 2.75) is 19.8 Å². The van der Waals surface area contributed by atoms with Crippen LogP contribution < -0.4 is 10.6 Å². The topological polar surface area (TPSA) is 67.2 Å². The zero-order valence-corrected chi connectivity index (χ0v) is 12.8. The van der Waals surface area contributed by atoms with Crippen LogP contribution >= 0.6 is 12.4 Å². The van der Waals surface area contributed by atoms with Gasteiger partial charge in [0.2, 0.25) is 5.91 Å². The molecule has 0 radical (unpaired) electrons. The molecule has 1 saturated heterocycles. The van der Waals surface area contributed by atoms with E-state index in [0.717, 1.165) is 36.2 Å². The lowest BCUT2D eigenvalue weighted by atomic mass is 10.1. The lowest BCUT2D eigenvalue weighted by Gasteiger charge is -2.08. The van der Waals surface area contributed by atoms with Gasteiger partial charge in [0.1, 0.15) is 5.52 Å². The van der Waals surface area contributed by atoms with Crippen LogP contribution in [-0.2, 0) is 11.2 Å². The first-order chi connectivity index (χ1) is 9.74. The van der Waals surface area contributed by atoms with Gasteiger partial charge in [-0.2, -0.15) is 0 Å². The molecule has 5 nitrogen and oxygen atoms in total. The van der Waals surface area contributed by atoms with Gasteiger partial charge in [-0.05, 0) is 31.5 Å². The number of carbonyl (C=O) groups is 1. The molecule has 1 amide bonds. The van der Waals surface area contributed by atoms with Gasteiger partial charge in [-0.1, -0.05) is 12.1 Å². The fourth-order valence-electron chi connectivity index (χ4n) is 2.55. The van der Waals surface area contributed by atoms with Gasteiger partial charge >= 0.3 is 0 Å². The van der Waals surface area contributed by atoms with Gasteiger partial charge in [0.25, 0.3) is 0 Å². The van der Waals surface area contributed by atoms with E-state index >= 15 is 0 Å². The van der Waals surface area contributed by atoms with Crippen molar-refractivity contribution < 1.29 is 9.21 Å². The largest absolute Gasteiger partial charge is 0.441 e. The molecule has 1 atom stereocenters. The van der Waals surface area contributed by atoms with Crippen molar-refractivity contribution in [1.29, 1.82) is 0 Å². The highest BCUT2D eigenvalue weighted by Crippen LogP contribution is 2.18. The van der Waals surface area contributed by atoms with Crippen molar-refractivity contribution in [3.8, 4) is 0 Å². The zero-order valence-electron chi connectivity index (χ0n) is 12.0. The number of nitrogens with one attached hydrogen (secondary N) is 2. The predicted octanol–water partition coefficient (Wildman–Crippen LogP) is 1.83. The minimum absolute atomic E-state index is 0. The molecule has 6 heteroatoms. The van der Waals surface area contributed by atoms with Gasteiger partial charge in [-0.25, -0.2) is 4.98 Å². The number of fused-ring (bicyclic) bond motifs is 1. The molecule has 2 heterocycles. The van der Waals surface area contributed by atoms with Gasteiger partial charge in [0, 0.05) is 19.5 Å². The Bertz CT molecular complexity index is 620. The summed E-state index contributed by atoms with van der Waals surface area (Å²) in [6, 6.07) is 5.90. The number of carbonyl (C=O) groups excluding carboxylic acids is 1. The highest BCUT2D eigenvalue weighted by Gasteiger charge is 2.21. The van der Waals surface area contributed by atoms with Crippen LogP contribution in [0.1, 0.15) is 17.9 Å². The predicted molar refractivity (Wildman–Crippen MR) is 83.7 cm³/mol. The van der Waals surface area contributed by atoms with Crippen molar-refractivity contribution in [3.63, 3.8) is 0 Å². The van der Waals surface area contributed by atoms with Crippen molar-refractivity contribution in [2.24, 2.45) is 5.92 Å². The number of oxazole rings is 1. The Labute approximate surface area is 129 Å².